The van der Waals surface area contributed by atoms with Crippen LogP contribution >= 0.6 is 0 Å². The minimum atomic E-state index is -4.49. The Balaban J connectivity index is 1.82. The molecule has 0 saturated heterocycles. The number of amides is 1. The van der Waals surface area contributed by atoms with Gasteiger partial charge >= 0.3 is 6.18 Å². The van der Waals surface area contributed by atoms with E-state index in [2.05, 4.69) is 15.6 Å². The molecule has 1 unspecified atom stereocenters. The van der Waals surface area contributed by atoms with Gasteiger partial charge in [0.25, 0.3) is 11.6 Å². The van der Waals surface area contributed by atoms with Crippen LogP contribution in [0.4, 0.5) is 18.9 Å². The van der Waals surface area contributed by atoms with E-state index in [0.717, 1.165) is 12.1 Å². The Morgan fingerprint density at radius 1 is 1.20 bits per heavy atom. The zero-order valence-electron chi connectivity index (χ0n) is 15.8. The predicted octanol–water partition coefficient (Wildman–Crippen LogP) is 3.99. The van der Waals surface area contributed by atoms with Crippen molar-refractivity contribution in [2.24, 2.45) is 0 Å². The number of nitro benzene ring substituents is 1. The number of halogens is 3. The molecule has 0 bridgehead atoms. The van der Waals surface area contributed by atoms with Crippen LogP contribution in [0, 0.1) is 17.0 Å². The second-order valence-electron chi connectivity index (χ2n) is 6.53. The molecule has 0 fully saturated rings. The van der Waals surface area contributed by atoms with Crippen LogP contribution in [0.2, 0.25) is 0 Å². The maximum absolute atomic E-state index is 12.9. The first kappa shape index (κ1) is 21.0. The molecule has 1 amide bonds. The monoisotopic (exact) mass is 419 g/mol. The van der Waals surface area contributed by atoms with Gasteiger partial charge in [0.1, 0.15) is 0 Å². The van der Waals surface area contributed by atoms with Crippen LogP contribution in [-0.4, -0.2) is 25.8 Å². The number of hydrogen-bond acceptors (Lipinski definition) is 5. The molecule has 0 radical (unpaired) electrons. The van der Waals surface area contributed by atoms with Crippen molar-refractivity contribution in [3.05, 3.63) is 81.2 Å². The number of carbonyl (C=O) groups excluding carboxylic acids is 1. The molecule has 3 aromatic rings. The number of benzene rings is 2. The standard InChI is InChI=1S/C19H16F3N5O3/c1-11(13-5-3-6-14(9-13)19(20,21)22)23-18(28)17-12(2)26(25-24-17)15-7-4-8-16(10-15)27(29)30/h3-11H,1-2H3,(H,23,28). The number of nitrogens with one attached hydrogen (secondary N) is 1. The maximum Gasteiger partial charge on any atom is 0.416 e. The van der Waals surface area contributed by atoms with Crippen LogP contribution in [0.5, 0.6) is 0 Å². The maximum atomic E-state index is 12.9. The van der Waals surface area contributed by atoms with Gasteiger partial charge in [-0.3, -0.25) is 14.9 Å². The summed E-state index contributed by atoms with van der Waals surface area (Å²) in [5.74, 6) is -0.630. The number of alkyl halides is 3. The van der Waals surface area contributed by atoms with Crippen LogP contribution in [0.1, 0.15) is 40.3 Å². The Kier molecular flexibility index (Phi) is 5.54. The summed E-state index contributed by atoms with van der Waals surface area (Å²) < 4.78 is 40.0. The quantitative estimate of drug-likeness (QED) is 0.498. The fourth-order valence-corrected chi connectivity index (χ4v) is 2.86. The molecule has 0 aliphatic carbocycles. The van der Waals surface area contributed by atoms with E-state index in [0.29, 0.717) is 11.4 Å². The number of nitrogens with zero attached hydrogens (tertiary/aromatic N) is 4. The molecule has 0 aliphatic heterocycles. The molecule has 11 heteroatoms. The molecular formula is C19H16F3N5O3. The third kappa shape index (κ3) is 4.29. The number of rotatable bonds is 5. The molecule has 0 aliphatic rings. The molecule has 156 valence electrons. The summed E-state index contributed by atoms with van der Waals surface area (Å²) in [4.78, 5) is 23.0. The van der Waals surface area contributed by atoms with Gasteiger partial charge < -0.3 is 5.32 Å². The van der Waals surface area contributed by atoms with E-state index in [1.165, 1.54) is 35.0 Å². The molecule has 1 heterocycles. The van der Waals surface area contributed by atoms with Crippen molar-refractivity contribution in [1.29, 1.82) is 0 Å². The van der Waals surface area contributed by atoms with Crippen molar-refractivity contribution >= 4 is 11.6 Å². The zero-order valence-corrected chi connectivity index (χ0v) is 15.8. The van der Waals surface area contributed by atoms with Crippen LogP contribution < -0.4 is 5.32 Å². The molecule has 1 atom stereocenters. The summed E-state index contributed by atoms with van der Waals surface area (Å²) in [5, 5.41) is 21.2. The highest BCUT2D eigenvalue weighted by Gasteiger charge is 2.31. The minimum Gasteiger partial charge on any atom is -0.344 e. The van der Waals surface area contributed by atoms with Gasteiger partial charge in [0.15, 0.2) is 5.69 Å². The highest BCUT2D eigenvalue weighted by atomic mass is 19.4. The number of carbonyl (C=O) groups is 1. The third-order valence-corrected chi connectivity index (χ3v) is 4.46. The molecule has 1 N–H and O–H groups in total. The van der Waals surface area contributed by atoms with Gasteiger partial charge in [-0.25, -0.2) is 4.68 Å². The van der Waals surface area contributed by atoms with Gasteiger partial charge in [-0.2, -0.15) is 13.2 Å². The number of nitro groups is 1. The lowest BCUT2D eigenvalue weighted by molar-refractivity contribution is -0.384. The molecule has 30 heavy (non-hydrogen) atoms. The van der Waals surface area contributed by atoms with E-state index in [9.17, 15) is 28.1 Å². The average molecular weight is 419 g/mol. The van der Waals surface area contributed by atoms with Crippen molar-refractivity contribution in [2.45, 2.75) is 26.1 Å². The first-order chi connectivity index (χ1) is 14.1. The summed E-state index contributed by atoms with van der Waals surface area (Å²) >= 11 is 0. The lowest BCUT2D eigenvalue weighted by Crippen LogP contribution is -2.28. The minimum absolute atomic E-state index is 0.0414. The molecule has 0 saturated carbocycles. The normalized spacial score (nSPS) is 12.4. The van der Waals surface area contributed by atoms with Gasteiger partial charge in [-0.15, -0.1) is 5.10 Å². The zero-order chi connectivity index (χ0) is 22.1. The van der Waals surface area contributed by atoms with Crippen molar-refractivity contribution in [3.8, 4) is 5.69 Å². The van der Waals surface area contributed by atoms with E-state index in [1.807, 2.05) is 0 Å². The van der Waals surface area contributed by atoms with Crippen LogP contribution in [-0.2, 0) is 6.18 Å². The van der Waals surface area contributed by atoms with Gasteiger partial charge in [-0.05, 0) is 37.6 Å². The van der Waals surface area contributed by atoms with E-state index in [-0.39, 0.29) is 16.9 Å². The van der Waals surface area contributed by atoms with Crippen LogP contribution in [0.15, 0.2) is 48.5 Å². The Hall–Kier alpha value is -3.76. The van der Waals surface area contributed by atoms with Gasteiger partial charge in [-0.1, -0.05) is 23.4 Å². The summed E-state index contributed by atoms with van der Waals surface area (Å²) in [6.45, 7) is 3.11. The second kappa shape index (κ2) is 7.93. The van der Waals surface area contributed by atoms with Gasteiger partial charge in [0.05, 0.1) is 27.9 Å². The van der Waals surface area contributed by atoms with Crippen molar-refractivity contribution < 1.29 is 22.9 Å². The van der Waals surface area contributed by atoms with Crippen LogP contribution in [0.3, 0.4) is 0 Å². The molecular weight excluding hydrogens is 403 g/mol. The smallest absolute Gasteiger partial charge is 0.344 e. The molecule has 0 spiro atoms. The van der Waals surface area contributed by atoms with Gasteiger partial charge in [0.2, 0.25) is 0 Å². The second-order valence-corrected chi connectivity index (χ2v) is 6.53. The highest BCUT2D eigenvalue weighted by molar-refractivity contribution is 5.93. The van der Waals surface area contributed by atoms with E-state index in [4.69, 9.17) is 0 Å². The molecule has 1 aromatic heterocycles. The molecule has 8 nitrogen and oxygen atoms in total. The summed E-state index contributed by atoms with van der Waals surface area (Å²) in [7, 11) is 0. The number of aromatic nitrogens is 3. The predicted molar refractivity (Wildman–Crippen MR) is 100 cm³/mol. The van der Waals surface area contributed by atoms with Crippen molar-refractivity contribution in [2.75, 3.05) is 0 Å². The third-order valence-electron chi connectivity index (χ3n) is 4.46. The lowest BCUT2D eigenvalue weighted by Gasteiger charge is -2.15. The average Bonchev–Trinajstić information content (AvgIpc) is 3.09. The molecule has 3 rings (SSSR count). The summed E-state index contributed by atoms with van der Waals surface area (Å²) in [6, 6.07) is 9.60. The fraction of sp³-hybridized carbons (Fsp3) is 0.211. The number of non-ortho nitro benzene ring substituents is 1. The Morgan fingerprint density at radius 2 is 1.90 bits per heavy atom. The highest BCUT2D eigenvalue weighted by Crippen LogP contribution is 2.30. The summed E-state index contributed by atoms with van der Waals surface area (Å²) in [5.41, 5.74) is -0.0499. The first-order valence-electron chi connectivity index (χ1n) is 8.73. The molecule has 2 aromatic carbocycles. The van der Waals surface area contributed by atoms with Crippen LogP contribution in [0.25, 0.3) is 5.69 Å². The SMILES string of the molecule is Cc1c(C(=O)NC(C)c2cccc(C(F)(F)F)c2)nnn1-c1cccc([N+](=O)[O-])c1. The van der Waals surface area contributed by atoms with Crippen molar-refractivity contribution in [3.63, 3.8) is 0 Å². The van der Waals surface area contributed by atoms with E-state index >= 15 is 0 Å². The Labute approximate surface area is 168 Å². The van der Waals surface area contributed by atoms with E-state index < -0.39 is 28.6 Å². The lowest BCUT2D eigenvalue weighted by atomic mass is 10.0. The fourth-order valence-electron chi connectivity index (χ4n) is 2.86. The summed E-state index contributed by atoms with van der Waals surface area (Å²) in [6.07, 6.45) is -4.49. The first-order valence-corrected chi connectivity index (χ1v) is 8.73. The largest absolute Gasteiger partial charge is 0.416 e. The Bertz CT molecular complexity index is 1110. The number of hydrogen-bond donors (Lipinski definition) is 1. The Morgan fingerprint density at radius 3 is 2.57 bits per heavy atom. The van der Waals surface area contributed by atoms with E-state index in [1.54, 1.807) is 19.9 Å². The van der Waals surface area contributed by atoms with Gasteiger partial charge in [0, 0.05) is 12.1 Å². The van der Waals surface area contributed by atoms with Crippen molar-refractivity contribution in [1.82, 2.24) is 20.3 Å². The topological polar surface area (TPSA) is 103 Å².